The van der Waals surface area contributed by atoms with Gasteiger partial charge in [0.2, 0.25) is 15.3 Å². The minimum absolute atomic E-state index is 0.0154. The first-order chi connectivity index (χ1) is 9.58. The van der Waals surface area contributed by atoms with Gasteiger partial charge in [-0.15, -0.1) is 0 Å². The van der Waals surface area contributed by atoms with Gasteiger partial charge in [-0.05, 0) is 30.0 Å². The number of benzene rings is 1. The van der Waals surface area contributed by atoms with Crippen LogP contribution in [0.3, 0.4) is 0 Å². The van der Waals surface area contributed by atoms with Crippen molar-refractivity contribution in [2.75, 3.05) is 6.54 Å². The smallest absolute Gasteiger partial charge is 0.225 e. The molecule has 0 aliphatic heterocycles. The van der Waals surface area contributed by atoms with Crippen LogP contribution in [-0.4, -0.2) is 24.9 Å². The van der Waals surface area contributed by atoms with Gasteiger partial charge in [-0.3, -0.25) is 0 Å². The first-order valence-corrected chi connectivity index (χ1v) is 7.95. The minimum atomic E-state index is -3.57. The predicted molar refractivity (Wildman–Crippen MR) is 77.0 cm³/mol. The highest BCUT2D eigenvalue weighted by Gasteiger charge is 2.14. The first-order valence-electron chi connectivity index (χ1n) is 6.09. The highest BCUT2D eigenvalue weighted by Crippen LogP contribution is 2.08. The maximum atomic E-state index is 11.9. The van der Waals surface area contributed by atoms with Gasteiger partial charge in [0.05, 0.1) is 12.4 Å². The van der Waals surface area contributed by atoms with Gasteiger partial charge in [0.1, 0.15) is 4.90 Å². The fourth-order valence-corrected chi connectivity index (χ4v) is 2.73. The summed E-state index contributed by atoms with van der Waals surface area (Å²) in [7, 11) is -3.57. The molecule has 0 saturated heterocycles. The number of nitrogens with zero attached hydrogens (tertiary/aromatic N) is 2. The molecule has 0 aliphatic rings. The normalized spacial score (nSPS) is 11.4. The maximum Gasteiger partial charge on any atom is 0.243 e. The molecule has 0 radical (unpaired) electrons. The number of rotatable bonds is 6. The van der Waals surface area contributed by atoms with E-state index in [-0.39, 0.29) is 10.2 Å². The Morgan fingerprint density at radius 3 is 2.40 bits per heavy atom. The van der Waals surface area contributed by atoms with Crippen LogP contribution in [0.4, 0.5) is 0 Å². The van der Waals surface area contributed by atoms with Crippen molar-refractivity contribution in [2.45, 2.75) is 17.7 Å². The zero-order valence-corrected chi connectivity index (χ0v) is 12.2. The SMILES string of the molecule is O=S(=O)(NCCCc1ccccc1)c1cnc(Cl)nc1. The summed E-state index contributed by atoms with van der Waals surface area (Å²) in [6.45, 7) is 0.361. The lowest BCUT2D eigenvalue weighted by Crippen LogP contribution is -2.25. The van der Waals surface area contributed by atoms with Crippen molar-refractivity contribution in [1.82, 2.24) is 14.7 Å². The number of sulfonamides is 1. The molecule has 0 spiro atoms. The van der Waals surface area contributed by atoms with Crippen LogP contribution in [0.5, 0.6) is 0 Å². The molecule has 5 nitrogen and oxygen atoms in total. The summed E-state index contributed by atoms with van der Waals surface area (Å²) in [5.41, 5.74) is 1.18. The second-order valence-electron chi connectivity index (χ2n) is 4.17. The monoisotopic (exact) mass is 311 g/mol. The number of aromatic nitrogens is 2. The molecule has 0 aliphatic carbocycles. The Kier molecular flexibility index (Phi) is 5.05. The van der Waals surface area contributed by atoms with Crippen LogP contribution in [0, 0.1) is 0 Å². The molecule has 0 bridgehead atoms. The summed E-state index contributed by atoms with van der Waals surface area (Å²) in [5, 5.41) is 0.0213. The Balaban J connectivity index is 1.85. The second-order valence-corrected chi connectivity index (χ2v) is 6.28. The summed E-state index contributed by atoms with van der Waals surface area (Å²) in [6.07, 6.45) is 3.92. The van der Waals surface area contributed by atoms with E-state index in [9.17, 15) is 8.42 Å². The van der Waals surface area contributed by atoms with Crippen molar-refractivity contribution < 1.29 is 8.42 Å². The molecular weight excluding hydrogens is 298 g/mol. The van der Waals surface area contributed by atoms with E-state index in [1.807, 2.05) is 30.3 Å². The molecule has 1 aromatic heterocycles. The van der Waals surface area contributed by atoms with E-state index in [0.717, 1.165) is 12.8 Å². The van der Waals surface area contributed by atoms with E-state index >= 15 is 0 Å². The Labute approximate surface area is 123 Å². The summed E-state index contributed by atoms with van der Waals surface area (Å²) in [6, 6.07) is 9.91. The van der Waals surface area contributed by atoms with Crippen molar-refractivity contribution in [2.24, 2.45) is 0 Å². The van der Waals surface area contributed by atoms with Crippen LogP contribution in [-0.2, 0) is 16.4 Å². The lowest BCUT2D eigenvalue weighted by atomic mass is 10.1. The molecule has 0 unspecified atom stereocenters. The maximum absolute atomic E-state index is 11.9. The number of aryl methyl sites for hydroxylation is 1. The van der Waals surface area contributed by atoms with Crippen molar-refractivity contribution in [3.05, 3.63) is 53.6 Å². The van der Waals surface area contributed by atoms with Crippen LogP contribution in [0.25, 0.3) is 0 Å². The van der Waals surface area contributed by atoms with Gasteiger partial charge in [-0.1, -0.05) is 30.3 Å². The zero-order chi connectivity index (χ0) is 14.4. The highest BCUT2D eigenvalue weighted by molar-refractivity contribution is 7.89. The fraction of sp³-hybridized carbons (Fsp3) is 0.231. The molecule has 2 aromatic rings. The topological polar surface area (TPSA) is 72.0 Å². The lowest BCUT2D eigenvalue weighted by Gasteiger charge is -2.06. The highest BCUT2D eigenvalue weighted by atomic mass is 35.5. The lowest BCUT2D eigenvalue weighted by molar-refractivity contribution is 0.578. The van der Waals surface area contributed by atoms with Gasteiger partial charge >= 0.3 is 0 Å². The third-order valence-corrected chi connectivity index (χ3v) is 4.29. The van der Waals surface area contributed by atoms with Gasteiger partial charge in [-0.25, -0.2) is 23.1 Å². The second kappa shape index (κ2) is 6.78. The summed E-state index contributed by atoms with van der Waals surface area (Å²) in [5.74, 6) is 0. The van der Waals surface area contributed by atoms with E-state index in [1.54, 1.807) is 0 Å². The number of halogens is 1. The summed E-state index contributed by atoms with van der Waals surface area (Å²) >= 11 is 5.52. The quantitative estimate of drug-likeness (QED) is 0.654. The van der Waals surface area contributed by atoms with Crippen molar-refractivity contribution in [3.63, 3.8) is 0 Å². The average molecular weight is 312 g/mol. The largest absolute Gasteiger partial charge is 0.243 e. The molecule has 0 amide bonds. The number of hydrogen-bond acceptors (Lipinski definition) is 4. The molecule has 0 fully saturated rings. The van der Waals surface area contributed by atoms with Crippen molar-refractivity contribution in [3.8, 4) is 0 Å². The fourth-order valence-electron chi connectivity index (χ4n) is 1.67. The van der Waals surface area contributed by atoms with E-state index in [0.29, 0.717) is 6.54 Å². The van der Waals surface area contributed by atoms with Crippen molar-refractivity contribution >= 4 is 21.6 Å². The van der Waals surface area contributed by atoms with E-state index < -0.39 is 10.0 Å². The van der Waals surface area contributed by atoms with Gasteiger partial charge in [0.15, 0.2) is 0 Å². The molecule has 7 heteroatoms. The standard InChI is InChI=1S/C13H14ClN3O2S/c14-13-15-9-12(10-16-13)20(18,19)17-8-4-7-11-5-2-1-3-6-11/h1-3,5-6,9-10,17H,4,7-8H2. The van der Waals surface area contributed by atoms with Crippen LogP contribution in [0.2, 0.25) is 5.28 Å². The molecule has 2 rings (SSSR count). The number of nitrogens with one attached hydrogen (secondary N) is 1. The molecule has 20 heavy (non-hydrogen) atoms. The van der Waals surface area contributed by atoms with Gasteiger partial charge < -0.3 is 0 Å². The molecule has 106 valence electrons. The van der Waals surface area contributed by atoms with Gasteiger partial charge in [0, 0.05) is 6.54 Å². The minimum Gasteiger partial charge on any atom is -0.225 e. The summed E-state index contributed by atoms with van der Waals surface area (Å²) < 4.78 is 26.4. The average Bonchev–Trinajstić information content (AvgIpc) is 2.45. The Hall–Kier alpha value is -1.50. The molecule has 1 N–H and O–H groups in total. The van der Waals surface area contributed by atoms with Crippen LogP contribution < -0.4 is 4.72 Å². The Morgan fingerprint density at radius 2 is 1.75 bits per heavy atom. The van der Waals surface area contributed by atoms with Crippen LogP contribution >= 0.6 is 11.6 Å². The number of hydrogen-bond donors (Lipinski definition) is 1. The molecule has 1 heterocycles. The van der Waals surface area contributed by atoms with Gasteiger partial charge in [0.25, 0.3) is 0 Å². The predicted octanol–water partition coefficient (Wildman–Crippen LogP) is 2.04. The third-order valence-electron chi connectivity index (χ3n) is 2.68. The zero-order valence-electron chi connectivity index (χ0n) is 10.7. The van der Waals surface area contributed by atoms with E-state index in [2.05, 4.69) is 14.7 Å². The Morgan fingerprint density at radius 1 is 1.10 bits per heavy atom. The van der Waals surface area contributed by atoms with E-state index in [1.165, 1.54) is 18.0 Å². The summed E-state index contributed by atoms with van der Waals surface area (Å²) in [4.78, 5) is 7.33. The molecule has 0 saturated carbocycles. The van der Waals surface area contributed by atoms with Crippen LogP contribution in [0.15, 0.2) is 47.6 Å². The van der Waals surface area contributed by atoms with E-state index in [4.69, 9.17) is 11.6 Å². The van der Waals surface area contributed by atoms with Gasteiger partial charge in [-0.2, -0.15) is 0 Å². The van der Waals surface area contributed by atoms with Crippen LogP contribution in [0.1, 0.15) is 12.0 Å². The molecular formula is C13H14ClN3O2S. The third kappa shape index (κ3) is 4.26. The molecule has 1 aromatic carbocycles. The van der Waals surface area contributed by atoms with Crippen molar-refractivity contribution in [1.29, 1.82) is 0 Å². The Bertz CT molecular complexity index is 645. The first kappa shape index (κ1) is 14.9. The molecule has 0 atom stereocenters.